The Labute approximate surface area is 160 Å². The molecule has 27 heavy (non-hydrogen) atoms. The number of nitrogens with one attached hydrogen (secondary N) is 3. The second-order valence-electron chi connectivity index (χ2n) is 6.35. The molecule has 0 bridgehead atoms. The molecule has 1 aromatic heterocycles. The van der Waals surface area contributed by atoms with Gasteiger partial charge in [0, 0.05) is 25.4 Å². The molecule has 3 N–H and O–H groups in total. The molecule has 0 saturated carbocycles. The van der Waals surface area contributed by atoms with E-state index in [1.807, 2.05) is 39.0 Å². The predicted molar refractivity (Wildman–Crippen MR) is 108 cm³/mol. The quantitative estimate of drug-likeness (QED) is 0.515. The maximum atomic E-state index is 12.0. The largest absolute Gasteiger partial charge is 0.491 e. The van der Waals surface area contributed by atoms with Crippen LogP contribution in [0.4, 0.5) is 5.69 Å². The van der Waals surface area contributed by atoms with Crippen LogP contribution in [0, 0.1) is 6.92 Å². The summed E-state index contributed by atoms with van der Waals surface area (Å²) in [4.78, 5) is 20.1. The van der Waals surface area contributed by atoms with Crippen molar-refractivity contribution < 1.29 is 9.53 Å². The second-order valence-corrected chi connectivity index (χ2v) is 6.35. The van der Waals surface area contributed by atoms with Gasteiger partial charge in [-0.25, -0.2) is 0 Å². The average Bonchev–Trinajstić information content (AvgIpc) is 2.63. The van der Waals surface area contributed by atoms with E-state index in [9.17, 15) is 4.79 Å². The van der Waals surface area contributed by atoms with E-state index in [1.54, 1.807) is 31.6 Å². The van der Waals surface area contributed by atoms with Crippen LogP contribution < -0.4 is 20.7 Å². The molecule has 1 amide bonds. The molecule has 1 heterocycles. The summed E-state index contributed by atoms with van der Waals surface area (Å²) in [6.07, 6.45) is 3.35. The minimum absolute atomic E-state index is 0.0951. The van der Waals surface area contributed by atoms with Crippen LogP contribution in [0.15, 0.2) is 47.7 Å². The summed E-state index contributed by atoms with van der Waals surface area (Å²) in [7, 11) is 1.66. The van der Waals surface area contributed by atoms with Crippen molar-refractivity contribution in [2.24, 2.45) is 4.99 Å². The third-order valence-electron chi connectivity index (χ3n) is 3.62. The molecule has 0 aliphatic rings. The van der Waals surface area contributed by atoms with Gasteiger partial charge in [-0.3, -0.25) is 14.8 Å². The number of anilines is 1. The standard InChI is InChI=1S/C20H27N5O2/c1-14(2)27-18-10-15(3)7-8-16(18)11-23-20(21-4)24-13-19(26)25-17-6-5-9-22-12-17/h5-10,12,14H,11,13H2,1-4H3,(H,25,26)(H2,21,23,24). The number of ether oxygens (including phenoxy) is 1. The molecule has 2 rings (SSSR count). The lowest BCUT2D eigenvalue weighted by molar-refractivity contribution is -0.115. The summed E-state index contributed by atoms with van der Waals surface area (Å²) in [5.41, 5.74) is 2.82. The average molecular weight is 369 g/mol. The van der Waals surface area contributed by atoms with Gasteiger partial charge in [0.2, 0.25) is 5.91 Å². The number of hydrogen-bond acceptors (Lipinski definition) is 4. The molecule has 0 fully saturated rings. The number of aryl methyl sites for hydroxylation is 1. The van der Waals surface area contributed by atoms with E-state index in [0.717, 1.165) is 16.9 Å². The number of guanidine groups is 1. The van der Waals surface area contributed by atoms with Gasteiger partial charge in [0.25, 0.3) is 0 Å². The van der Waals surface area contributed by atoms with Gasteiger partial charge in [-0.1, -0.05) is 12.1 Å². The lowest BCUT2D eigenvalue weighted by Crippen LogP contribution is -2.41. The first-order valence-electron chi connectivity index (χ1n) is 8.88. The molecule has 0 atom stereocenters. The molecule has 144 valence electrons. The first kappa shape index (κ1) is 20.2. The molecule has 0 radical (unpaired) electrons. The zero-order chi connectivity index (χ0) is 19.6. The smallest absolute Gasteiger partial charge is 0.243 e. The van der Waals surface area contributed by atoms with E-state index in [0.29, 0.717) is 18.2 Å². The first-order valence-corrected chi connectivity index (χ1v) is 8.88. The Balaban J connectivity index is 1.88. The third kappa shape index (κ3) is 6.97. The highest BCUT2D eigenvalue weighted by Crippen LogP contribution is 2.21. The zero-order valence-corrected chi connectivity index (χ0v) is 16.2. The summed E-state index contributed by atoms with van der Waals surface area (Å²) < 4.78 is 5.89. The van der Waals surface area contributed by atoms with E-state index in [2.05, 4.69) is 25.9 Å². The van der Waals surface area contributed by atoms with Gasteiger partial charge < -0.3 is 20.7 Å². The number of amides is 1. The Morgan fingerprint density at radius 1 is 1.26 bits per heavy atom. The monoisotopic (exact) mass is 369 g/mol. The Morgan fingerprint density at radius 3 is 2.74 bits per heavy atom. The number of pyridine rings is 1. The third-order valence-corrected chi connectivity index (χ3v) is 3.62. The van der Waals surface area contributed by atoms with Crippen molar-refractivity contribution in [1.82, 2.24) is 15.6 Å². The summed E-state index contributed by atoms with van der Waals surface area (Å²) in [5, 5.41) is 8.97. The van der Waals surface area contributed by atoms with Crippen molar-refractivity contribution in [2.75, 3.05) is 18.9 Å². The van der Waals surface area contributed by atoms with Crippen molar-refractivity contribution in [1.29, 1.82) is 0 Å². The number of carbonyl (C=O) groups is 1. The summed E-state index contributed by atoms with van der Waals surface area (Å²) in [6.45, 7) is 6.66. The molecule has 0 spiro atoms. The lowest BCUT2D eigenvalue weighted by Gasteiger charge is -2.17. The van der Waals surface area contributed by atoms with E-state index in [4.69, 9.17) is 4.74 Å². The predicted octanol–water partition coefficient (Wildman–Crippen LogP) is 2.48. The van der Waals surface area contributed by atoms with E-state index >= 15 is 0 Å². The molecule has 1 aromatic carbocycles. The molecule has 0 aliphatic heterocycles. The van der Waals surface area contributed by atoms with Crippen molar-refractivity contribution >= 4 is 17.6 Å². The molecule has 0 unspecified atom stereocenters. The number of hydrogen-bond donors (Lipinski definition) is 3. The minimum atomic E-state index is -0.176. The normalized spacial score (nSPS) is 11.2. The zero-order valence-electron chi connectivity index (χ0n) is 16.2. The van der Waals surface area contributed by atoms with Gasteiger partial charge in [0.1, 0.15) is 5.75 Å². The molecular weight excluding hydrogens is 342 g/mol. The van der Waals surface area contributed by atoms with Crippen molar-refractivity contribution in [2.45, 2.75) is 33.4 Å². The molecule has 7 nitrogen and oxygen atoms in total. The van der Waals surface area contributed by atoms with Crippen molar-refractivity contribution in [3.63, 3.8) is 0 Å². The van der Waals surface area contributed by atoms with E-state index in [1.165, 1.54) is 0 Å². The number of aromatic nitrogens is 1. The number of aliphatic imine (C=N–C) groups is 1. The summed E-state index contributed by atoms with van der Waals surface area (Å²) in [6, 6.07) is 9.65. The number of carbonyl (C=O) groups excluding carboxylic acids is 1. The highest BCUT2D eigenvalue weighted by Gasteiger charge is 2.08. The van der Waals surface area contributed by atoms with Gasteiger partial charge in [-0.05, 0) is 44.5 Å². The van der Waals surface area contributed by atoms with Crippen LogP contribution in [0.25, 0.3) is 0 Å². The fraction of sp³-hybridized carbons (Fsp3) is 0.350. The Hall–Kier alpha value is -3.09. The molecule has 7 heteroatoms. The van der Waals surface area contributed by atoms with Crippen LogP contribution in [0.2, 0.25) is 0 Å². The van der Waals surface area contributed by atoms with Gasteiger partial charge in [0.05, 0.1) is 24.5 Å². The second kappa shape index (κ2) is 10.2. The van der Waals surface area contributed by atoms with Gasteiger partial charge in [-0.15, -0.1) is 0 Å². The molecular formula is C20H27N5O2. The minimum Gasteiger partial charge on any atom is -0.491 e. The van der Waals surface area contributed by atoms with Gasteiger partial charge >= 0.3 is 0 Å². The number of rotatable bonds is 7. The van der Waals surface area contributed by atoms with Crippen molar-refractivity contribution in [3.05, 3.63) is 53.9 Å². The Morgan fingerprint density at radius 2 is 2.07 bits per heavy atom. The molecule has 0 aliphatic carbocycles. The van der Waals surface area contributed by atoms with Crippen LogP contribution in [-0.4, -0.2) is 36.5 Å². The van der Waals surface area contributed by atoms with Crippen LogP contribution >= 0.6 is 0 Å². The SMILES string of the molecule is CN=C(NCC(=O)Nc1cccnc1)NCc1ccc(C)cc1OC(C)C. The van der Waals surface area contributed by atoms with Crippen LogP contribution in [0.3, 0.4) is 0 Å². The Kier molecular flexibility index (Phi) is 7.61. The summed E-state index contributed by atoms with van der Waals surface area (Å²) in [5.74, 6) is 1.21. The Bertz CT molecular complexity index is 775. The van der Waals surface area contributed by atoms with Crippen molar-refractivity contribution in [3.8, 4) is 5.75 Å². The van der Waals surface area contributed by atoms with Gasteiger partial charge in [-0.2, -0.15) is 0 Å². The van der Waals surface area contributed by atoms with E-state index < -0.39 is 0 Å². The maximum absolute atomic E-state index is 12.0. The molecule has 0 saturated heterocycles. The first-order chi connectivity index (χ1) is 13.0. The van der Waals surface area contributed by atoms with Gasteiger partial charge in [0.15, 0.2) is 5.96 Å². The fourth-order valence-electron chi connectivity index (χ4n) is 2.38. The number of nitrogens with zero attached hydrogens (tertiary/aromatic N) is 2. The van der Waals surface area contributed by atoms with Crippen LogP contribution in [0.5, 0.6) is 5.75 Å². The lowest BCUT2D eigenvalue weighted by atomic mass is 10.1. The van der Waals surface area contributed by atoms with Crippen LogP contribution in [-0.2, 0) is 11.3 Å². The number of benzene rings is 1. The van der Waals surface area contributed by atoms with E-state index in [-0.39, 0.29) is 18.6 Å². The topological polar surface area (TPSA) is 87.6 Å². The maximum Gasteiger partial charge on any atom is 0.243 e. The molecule has 2 aromatic rings. The summed E-state index contributed by atoms with van der Waals surface area (Å²) >= 11 is 0. The highest BCUT2D eigenvalue weighted by atomic mass is 16.5. The fourth-order valence-corrected chi connectivity index (χ4v) is 2.38. The highest BCUT2D eigenvalue weighted by molar-refractivity contribution is 5.94. The van der Waals surface area contributed by atoms with Crippen LogP contribution in [0.1, 0.15) is 25.0 Å².